The molecule has 0 bridgehead atoms. The molecule has 7 nitrogen and oxygen atoms in total. The number of hydrogen-bond donors (Lipinski definition) is 1. The first-order valence-corrected chi connectivity index (χ1v) is 5.82. The minimum Gasteiger partial charge on any atom is -0.365 e. The smallest absolute Gasteiger partial charge is 0.200 e. The summed E-state index contributed by atoms with van der Waals surface area (Å²) < 4.78 is 1.44. The lowest BCUT2D eigenvalue weighted by Crippen LogP contribution is -2.39. The number of nitrogens with one attached hydrogen (secondary N) is 1. The van der Waals surface area contributed by atoms with Crippen LogP contribution in [0.1, 0.15) is 12.8 Å². The van der Waals surface area contributed by atoms with Crippen molar-refractivity contribution >= 4 is 11.5 Å². The van der Waals surface area contributed by atoms with Gasteiger partial charge >= 0.3 is 0 Å². The monoisotopic (exact) mass is 233 g/mol. The maximum atomic E-state index is 4.31. The summed E-state index contributed by atoms with van der Waals surface area (Å²) >= 11 is 0. The highest BCUT2D eigenvalue weighted by molar-refractivity contribution is 5.42. The molecule has 1 N–H and O–H groups in total. The molecule has 1 saturated heterocycles. The number of fused-ring (bicyclic) bond motifs is 1. The summed E-state index contributed by atoms with van der Waals surface area (Å²) in [5, 5.41) is 18.9. The molecule has 1 aliphatic rings. The molecule has 0 spiro atoms. The molecule has 1 fully saturated rings. The second-order valence-electron chi connectivity index (χ2n) is 4.49. The third kappa shape index (κ3) is 2.19. The Morgan fingerprint density at radius 3 is 3.24 bits per heavy atom. The van der Waals surface area contributed by atoms with E-state index in [1.807, 2.05) is 12.1 Å². The zero-order valence-corrected chi connectivity index (χ0v) is 9.74. The van der Waals surface area contributed by atoms with E-state index in [4.69, 9.17) is 0 Å². The summed E-state index contributed by atoms with van der Waals surface area (Å²) in [6.45, 7) is 2.23. The fourth-order valence-electron chi connectivity index (χ4n) is 2.22. The number of tetrazole rings is 1. The molecule has 0 aromatic carbocycles. The van der Waals surface area contributed by atoms with Gasteiger partial charge in [0.05, 0.1) is 0 Å². The molecule has 0 amide bonds. The highest BCUT2D eigenvalue weighted by atomic mass is 15.6. The topological polar surface area (TPSA) is 71.2 Å². The highest BCUT2D eigenvalue weighted by Crippen LogP contribution is 2.13. The molecular formula is C10H15N7. The average molecular weight is 233 g/mol. The van der Waals surface area contributed by atoms with Gasteiger partial charge in [-0.2, -0.15) is 0 Å². The number of hydrogen-bond acceptors (Lipinski definition) is 6. The van der Waals surface area contributed by atoms with Crippen LogP contribution in [0.15, 0.2) is 12.1 Å². The lowest BCUT2D eigenvalue weighted by molar-refractivity contribution is 0.260. The molecule has 3 rings (SSSR count). The van der Waals surface area contributed by atoms with Crippen LogP contribution in [0, 0.1) is 0 Å². The van der Waals surface area contributed by atoms with Crippen molar-refractivity contribution in [2.45, 2.75) is 18.9 Å². The molecule has 0 aliphatic carbocycles. The summed E-state index contributed by atoms with van der Waals surface area (Å²) in [6.07, 6.45) is 2.40. The predicted molar refractivity (Wildman–Crippen MR) is 62.7 cm³/mol. The SMILES string of the molecule is CN1CCCC(Nc2ccc3nnnn3n2)C1. The van der Waals surface area contributed by atoms with E-state index in [0.717, 1.165) is 12.4 Å². The second-order valence-corrected chi connectivity index (χ2v) is 4.49. The van der Waals surface area contributed by atoms with Gasteiger partial charge in [-0.3, -0.25) is 0 Å². The van der Waals surface area contributed by atoms with E-state index in [1.165, 1.54) is 24.0 Å². The van der Waals surface area contributed by atoms with Gasteiger partial charge < -0.3 is 10.2 Å². The predicted octanol–water partition coefficient (Wildman–Crippen LogP) is 0.0254. The van der Waals surface area contributed by atoms with Crippen molar-refractivity contribution in [3.05, 3.63) is 12.1 Å². The summed E-state index contributed by atoms with van der Waals surface area (Å²) in [4.78, 5) is 2.33. The van der Waals surface area contributed by atoms with Crippen LogP contribution < -0.4 is 5.32 Å². The second kappa shape index (κ2) is 4.25. The molecule has 2 aromatic rings. The number of anilines is 1. The fourth-order valence-corrected chi connectivity index (χ4v) is 2.22. The Morgan fingerprint density at radius 1 is 1.41 bits per heavy atom. The first-order valence-electron chi connectivity index (χ1n) is 5.82. The molecule has 7 heteroatoms. The Morgan fingerprint density at radius 2 is 2.35 bits per heavy atom. The molecule has 1 unspecified atom stereocenters. The van der Waals surface area contributed by atoms with Gasteiger partial charge in [-0.05, 0) is 49.0 Å². The zero-order valence-electron chi connectivity index (χ0n) is 9.74. The number of rotatable bonds is 2. The van der Waals surface area contributed by atoms with E-state index in [1.54, 1.807) is 0 Å². The minimum atomic E-state index is 0.454. The Hall–Kier alpha value is -1.76. The van der Waals surface area contributed by atoms with Crippen LogP contribution in [0.4, 0.5) is 5.82 Å². The van der Waals surface area contributed by atoms with Crippen molar-refractivity contribution in [2.75, 3.05) is 25.5 Å². The van der Waals surface area contributed by atoms with Crippen LogP contribution in [0.3, 0.4) is 0 Å². The van der Waals surface area contributed by atoms with Crippen molar-refractivity contribution in [2.24, 2.45) is 0 Å². The van der Waals surface area contributed by atoms with Crippen molar-refractivity contribution in [1.29, 1.82) is 0 Å². The van der Waals surface area contributed by atoms with E-state index in [9.17, 15) is 0 Å². The molecule has 1 atom stereocenters. The van der Waals surface area contributed by atoms with E-state index in [-0.39, 0.29) is 0 Å². The molecular weight excluding hydrogens is 218 g/mol. The van der Waals surface area contributed by atoms with Gasteiger partial charge in [-0.15, -0.1) is 14.8 Å². The quantitative estimate of drug-likeness (QED) is 0.788. The number of piperidine rings is 1. The fraction of sp³-hybridized carbons (Fsp3) is 0.600. The minimum absolute atomic E-state index is 0.454. The van der Waals surface area contributed by atoms with Crippen LogP contribution in [-0.2, 0) is 0 Å². The maximum absolute atomic E-state index is 4.31. The van der Waals surface area contributed by atoms with Crippen LogP contribution in [0.2, 0.25) is 0 Å². The third-order valence-electron chi connectivity index (χ3n) is 3.05. The first kappa shape index (κ1) is 10.4. The Balaban J connectivity index is 1.75. The highest BCUT2D eigenvalue weighted by Gasteiger charge is 2.17. The van der Waals surface area contributed by atoms with E-state index in [0.29, 0.717) is 11.7 Å². The Bertz CT molecular complexity index is 508. The molecule has 90 valence electrons. The molecule has 0 saturated carbocycles. The zero-order chi connectivity index (χ0) is 11.7. The summed E-state index contributed by atoms with van der Waals surface area (Å²) in [7, 11) is 2.14. The lowest BCUT2D eigenvalue weighted by Gasteiger charge is -2.30. The van der Waals surface area contributed by atoms with Crippen molar-refractivity contribution in [3.8, 4) is 0 Å². The third-order valence-corrected chi connectivity index (χ3v) is 3.05. The summed E-state index contributed by atoms with van der Waals surface area (Å²) in [6, 6.07) is 4.23. The summed E-state index contributed by atoms with van der Waals surface area (Å²) in [5.41, 5.74) is 0.663. The molecule has 3 heterocycles. The van der Waals surface area contributed by atoms with Gasteiger partial charge in [0.1, 0.15) is 5.82 Å². The largest absolute Gasteiger partial charge is 0.365 e. The van der Waals surface area contributed by atoms with E-state index < -0.39 is 0 Å². The number of nitrogens with zero attached hydrogens (tertiary/aromatic N) is 6. The van der Waals surface area contributed by atoms with Crippen molar-refractivity contribution < 1.29 is 0 Å². The standard InChI is InChI=1S/C10H15N7/c1-16-6-2-3-8(7-16)11-9-4-5-10-12-14-15-17(10)13-9/h4-5,8H,2-3,6-7H2,1H3,(H,11,13). The summed E-state index contributed by atoms with van der Waals surface area (Å²) in [5.74, 6) is 0.824. The number of likely N-dealkylation sites (tertiary alicyclic amines) is 1. The van der Waals surface area contributed by atoms with Crippen LogP contribution >= 0.6 is 0 Å². The number of aromatic nitrogens is 5. The van der Waals surface area contributed by atoms with Crippen LogP contribution in [-0.4, -0.2) is 56.3 Å². The lowest BCUT2D eigenvalue weighted by atomic mass is 10.1. The van der Waals surface area contributed by atoms with E-state index in [2.05, 4.69) is 37.9 Å². The van der Waals surface area contributed by atoms with E-state index >= 15 is 0 Å². The first-order chi connectivity index (χ1) is 8.31. The van der Waals surface area contributed by atoms with Crippen LogP contribution in [0.5, 0.6) is 0 Å². The Kier molecular flexibility index (Phi) is 2.60. The van der Waals surface area contributed by atoms with Gasteiger partial charge in [0.15, 0.2) is 5.65 Å². The van der Waals surface area contributed by atoms with Crippen LogP contribution in [0.25, 0.3) is 5.65 Å². The number of likely N-dealkylation sites (N-methyl/N-ethyl adjacent to an activating group) is 1. The van der Waals surface area contributed by atoms with Gasteiger partial charge in [0, 0.05) is 12.6 Å². The van der Waals surface area contributed by atoms with Crippen molar-refractivity contribution in [3.63, 3.8) is 0 Å². The van der Waals surface area contributed by atoms with Crippen molar-refractivity contribution in [1.82, 2.24) is 30.2 Å². The van der Waals surface area contributed by atoms with Gasteiger partial charge in [0.25, 0.3) is 0 Å². The maximum Gasteiger partial charge on any atom is 0.200 e. The average Bonchev–Trinajstić information content (AvgIpc) is 2.76. The molecule has 17 heavy (non-hydrogen) atoms. The van der Waals surface area contributed by atoms with Gasteiger partial charge in [0.2, 0.25) is 0 Å². The Labute approximate surface area is 98.8 Å². The normalized spacial score (nSPS) is 21.8. The molecule has 2 aromatic heterocycles. The van der Waals surface area contributed by atoms with Gasteiger partial charge in [-0.25, -0.2) is 0 Å². The van der Waals surface area contributed by atoms with Gasteiger partial charge in [-0.1, -0.05) is 0 Å². The molecule has 0 radical (unpaired) electrons. The molecule has 1 aliphatic heterocycles.